The predicted octanol–water partition coefficient (Wildman–Crippen LogP) is 1.17. The first-order chi connectivity index (χ1) is 7.17. The third-order valence-corrected chi connectivity index (χ3v) is 2.51. The van der Waals surface area contributed by atoms with Gasteiger partial charge in [-0.05, 0) is 19.0 Å². The topological polar surface area (TPSA) is 55.1 Å². The van der Waals surface area contributed by atoms with E-state index in [9.17, 15) is 4.79 Å². The van der Waals surface area contributed by atoms with Gasteiger partial charge in [-0.25, -0.2) is 0 Å². The highest BCUT2D eigenvalue weighted by Crippen LogP contribution is 2.19. The van der Waals surface area contributed by atoms with E-state index in [1.165, 1.54) is 5.56 Å². The molecule has 0 bridgehead atoms. The van der Waals surface area contributed by atoms with Crippen molar-refractivity contribution in [2.24, 2.45) is 5.73 Å². The van der Waals surface area contributed by atoms with E-state index in [0.29, 0.717) is 13.0 Å². The number of carbonyl (C=O) groups excluding carboxylic acids is 1. The van der Waals surface area contributed by atoms with Gasteiger partial charge >= 0.3 is 0 Å². The fourth-order valence-corrected chi connectivity index (χ4v) is 1.59. The van der Waals surface area contributed by atoms with Gasteiger partial charge in [0.1, 0.15) is 0 Å². The first kappa shape index (κ1) is 11.7. The summed E-state index contributed by atoms with van der Waals surface area (Å²) in [5.41, 5.74) is 8.01. The quantitative estimate of drug-likeness (QED) is 0.777. The monoisotopic (exact) mass is 206 g/mol. The van der Waals surface area contributed by atoms with Gasteiger partial charge in [-0.1, -0.05) is 29.8 Å². The molecule has 3 heteroatoms. The number of hydrogen-bond donors (Lipinski definition) is 2. The zero-order chi connectivity index (χ0) is 11.3. The lowest BCUT2D eigenvalue weighted by molar-refractivity contribution is -0.120. The van der Waals surface area contributed by atoms with Crippen LogP contribution in [-0.4, -0.2) is 19.5 Å². The number of hydrogen-bond acceptors (Lipinski definition) is 2. The zero-order valence-corrected chi connectivity index (χ0v) is 9.29. The van der Waals surface area contributed by atoms with E-state index in [1.807, 2.05) is 25.1 Å². The van der Waals surface area contributed by atoms with Crippen LogP contribution in [-0.2, 0) is 4.79 Å². The van der Waals surface area contributed by atoms with E-state index in [4.69, 9.17) is 5.73 Å². The molecule has 1 aromatic rings. The molecule has 0 aliphatic heterocycles. The highest BCUT2D eigenvalue weighted by molar-refractivity contribution is 5.76. The number of nitrogens with two attached hydrogens (primary N) is 1. The first-order valence-electron chi connectivity index (χ1n) is 5.14. The van der Waals surface area contributed by atoms with E-state index in [2.05, 4.69) is 11.4 Å². The van der Waals surface area contributed by atoms with E-state index >= 15 is 0 Å². The zero-order valence-electron chi connectivity index (χ0n) is 9.29. The van der Waals surface area contributed by atoms with Crippen molar-refractivity contribution in [2.75, 3.05) is 13.6 Å². The Morgan fingerprint density at radius 3 is 2.80 bits per heavy atom. The highest BCUT2D eigenvalue weighted by atomic mass is 16.1. The lowest BCUT2D eigenvalue weighted by atomic mass is 9.94. The van der Waals surface area contributed by atoms with Crippen LogP contribution in [0.1, 0.15) is 23.5 Å². The average molecular weight is 206 g/mol. The summed E-state index contributed by atoms with van der Waals surface area (Å²) >= 11 is 0. The Labute approximate surface area is 90.7 Å². The minimum Gasteiger partial charge on any atom is -0.359 e. The third kappa shape index (κ3) is 3.36. The summed E-state index contributed by atoms with van der Waals surface area (Å²) in [7, 11) is 1.64. The summed E-state index contributed by atoms with van der Waals surface area (Å²) in [6.07, 6.45) is 0.455. The molecule has 82 valence electrons. The minimum atomic E-state index is 0.0342. The number of nitrogens with one attached hydrogen (secondary N) is 1. The van der Waals surface area contributed by atoms with Crippen LogP contribution in [0.3, 0.4) is 0 Å². The Bertz CT molecular complexity index is 336. The van der Waals surface area contributed by atoms with Crippen LogP contribution >= 0.6 is 0 Å². The molecule has 0 saturated heterocycles. The molecule has 0 saturated carbocycles. The maximum atomic E-state index is 11.3. The van der Waals surface area contributed by atoms with Crippen LogP contribution < -0.4 is 11.1 Å². The van der Waals surface area contributed by atoms with Gasteiger partial charge in [0.05, 0.1) is 0 Å². The Hall–Kier alpha value is -1.35. The van der Waals surface area contributed by atoms with Crippen LogP contribution in [0.15, 0.2) is 24.3 Å². The molecule has 0 aromatic heterocycles. The number of rotatable bonds is 4. The fourth-order valence-electron chi connectivity index (χ4n) is 1.59. The van der Waals surface area contributed by atoms with Gasteiger partial charge in [0.2, 0.25) is 5.91 Å². The second-order valence-corrected chi connectivity index (χ2v) is 3.72. The first-order valence-corrected chi connectivity index (χ1v) is 5.14. The molecule has 0 fully saturated rings. The summed E-state index contributed by atoms with van der Waals surface area (Å²) in [6.45, 7) is 2.54. The van der Waals surface area contributed by atoms with Crippen LogP contribution in [0, 0.1) is 6.92 Å². The van der Waals surface area contributed by atoms with Crippen molar-refractivity contribution in [3.8, 4) is 0 Å². The number of carbonyl (C=O) groups is 1. The van der Waals surface area contributed by atoms with E-state index in [1.54, 1.807) is 7.05 Å². The molecular weight excluding hydrogens is 188 g/mol. The van der Waals surface area contributed by atoms with Gasteiger partial charge in [-0.3, -0.25) is 4.79 Å². The summed E-state index contributed by atoms with van der Waals surface area (Å²) in [4.78, 5) is 11.3. The Morgan fingerprint density at radius 1 is 1.53 bits per heavy atom. The highest BCUT2D eigenvalue weighted by Gasteiger charge is 2.13. The largest absolute Gasteiger partial charge is 0.359 e. The molecule has 0 radical (unpaired) electrons. The van der Waals surface area contributed by atoms with Crippen LogP contribution in [0.4, 0.5) is 0 Å². The maximum absolute atomic E-state index is 11.3. The Morgan fingerprint density at radius 2 is 2.27 bits per heavy atom. The van der Waals surface area contributed by atoms with E-state index < -0.39 is 0 Å². The summed E-state index contributed by atoms with van der Waals surface area (Å²) in [5, 5.41) is 2.62. The van der Waals surface area contributed by atoms with Crippen LogP contribution in [0.25, 0.3) is 0 Å². The van der Waals surface area contributed by atoms with Gasteiger partial charge in [-0.2, -0.15) is 0 Å². The molecule has 1 rings (SSSR count). The van der Waals surface area contributed by atoms with Crippen molar-refractivity contribution < 1.29 is 4.79 Å². The summed E-state index contributed by atoms with van der Waals surface area (Å²) in [6, 6.07) is 8.14. The lowest BCUT2D eigenvalue weighted by Gasteiger charge is -2.14. The molecule has 0 aliphatic carbocycles. The molecule has 1 aromatic carbocycles. The number of benzene rings is 1. The number of amides is 1. The van der Waals surface area contributed by atoms with Gasteiger partial charge in [-0.15, -0.1) is 0 Å². The van der Waals surface area contributed by atoms with E-state index in [0.717, 1.165) is 5.56 Å². The SMILES string of the molecule is CNC(=O)CC(CN)c1cccc(C)c1. The summed E-state index contributed by atoms with van der Waals surface area (Å²) < 4.78 is 0. The van der Waals surface area contributed by atoms with Crippen molar-refractivity contribution in [1.82, 2.24) is 5.32 Å². The molecule has 0 heterocycles. The molecule has 15 heavy (non-hydrogen) atoms. The van der Waals surface area contributed by atoms with Crippen molar-refractivity contribution >= 4 is 5.91 Å². The fraction of sp³-hybridized carbons (Fsp3) is 0.417. The van der Waals surface area contributed by atoms with Crippen molar-refractivity contribution in [2.45, 2.75) is 19.3 Å². The van der Waals surface area contributed by atoms with Crippen molar-refractivity contribution in [1.29, 1.82) is 0 Å². The van der Waals surface area contributed by atoms with Gasteiger partial charge < -0.3 is 11.1 Å². The Kier molecular flexibility index (Phi) is 4.31. The van der Waals surface area contributed by atoms with E-state index in [-0.39, 0.29) is 11.8 Å². The molecule has 0 spiro atoms. The predicted molar refractivity (Wildman–Crippen MR) is 61.7 cm³/mol. The smallest absolute Gasteiger partial charge is 0.220 e. The average Bonchev–Trinajstić information content (AvgIpc) is 2.25. The van der Waals surface area contributed by atoms with Crippen LogP contribution in [0.5, 0.6) is 0 Å². The standard InChI is InChI=1S/C12H18N2O/c1-9-4-3-5-10(6-9)11(8-13)7-12(15)14-2/h3-6,11H,7-8,13H2,1-2H3,(H,14,15). The molecule has 1 unspecified atom stereocenters. The second-order valence-electron chi connectivity index (χ2n) is 3.72. The van der Waals surface area contributed by atoms with Gasteiger partial charge in [0.15, 0.2) is 0 Å². The molecular formula is C12H18N2O. The van der Waals surface area contributed by atoms with Gasteiger partial charge in [0, 0.05) is 19.4 Å². The minimum absolute atomic E-state index is 0.0342. The normalized spacial score (nSPS) is 12.2. The molecule has 3 nitrogen and oxygen atoms in total. The molecule has 1 amide bonds. The van der Waals surface area contributed by atoms with Crippen LogP contribution in [0.2, 0.25) is 0 Å². The lowest BCUT2D eigenvalue weighted by Crippen LogP contribution is -2.24. The van der Waals surface area contributed by atoms with Crippen molar-refractivity contribution in [3.63, 3.8) is 0 Å². The maximum Gasteiger partial charge on any atom is 0.220 e. The molecule has 0 aliphatic rings. The second kappa shape index (κ2) is 5.51. The third-order valence-electron chi connectivity index (χ3n) is 2.51. The number of aryl methyl sites for hydroxylation is 1. The molecule has 1 atom stereocenters. The van der Waals surface area contributed by atoms with Crippen molar-refractivity contribution in [3.05, 3.63) is 35.4 Å². The van der Waals surface area contributed by atoms with Gasteiger partial charge in [0.25, 0.3) is 0 Å². The summed E-state index contributed by atoms with van der Waals surface area (Å²) in [5.74, 6) is 0.150. The Balaban J connectivity index is 2.78. The molecule has 3 N–H and O–H groups in total.